The van der Waals surface area contributed by atoms with Crippen LogP contribution in [0.15, 0.2) is 24.3 Å². The summed E-state index contributed by atoms with van der Waals surface area (Å²) in [5.41, 5.74) is 0.775. The number of amides is 3. The van der Waals surface area contributed by atoms with Gasteiger partial charge >= 0.3 is 0 Å². The van der Waals surface area contributed by atoms with Gasteiger partial charge in [-0.2, -0.15) is 0 Å². The largest absolute Gasteiger partial charge is 0.342 e. The van der Waals surface area contributed by atoms with Gasteiger partial charge in [-0.3, -0.25) is 24.2 Å². The smallest absolute Gasteiger partial charge is 0.250 e. The molecular weight excluding hydrogens is 404 g/mol. The van der Waals surface area contributed by atoms with Crippen LogP contribution in [0.5, 0.6) is 0 Å². The molecule has 2 saturated heterocycles. The Bertz CT molecular complexity index is 881. The van der Waals surface area contributed by atoms with Gasteiger partial charge in [-0.15, -0.1) is 0 Å². The van der Waals surface area contributed by atoms with Gasteiger partial charge in [0.05, 0.1) is 17.9 Å². The number of nitrogens with zero attached hydrogens (tertiary/aromatic N) is 3. The topological polar surface area (TPSA) is 73.0 Å². The van der Waals surface area contributed by atoms with Crippen molar-refractivity contribution in [3.05, 3.63) is 24.3 Å². The molecule has 32 heavy (non-hydrogen) atoms. The van der Waals surface area contributed by atoms with Crippen molar-refractivity contribution >= 4 is 29.1 Å². The van der Waals surface area contributed by atoms with E-state index in [2.05, 4.69) is 10.2 Å². The van der Waals surface area contributed by atoms with Crippen molar-refractivity contribution < 1.29 is 14.4 Å². The maximum atomic E-state index is 13.6. The summed E-state index contributed by atoms with van der Waals surface area (Å²) >= 11 is 0. The molecule has 7 nitrogen and oxygen atoms in total. The van der Waals surface area contributed by atoms with E-state index in [0.29, 0.717) is 31.0 Å². The van der Waals surface area contributed by atoms with Gasteiger partial charge in [0.1, 0.15) is 5.54 Å². The second-order valence-electron chi connectivity index (χ2n) is 9.88. The van der Waals surface area contributed by atoms with Crippen molar-refractivity contribution in [2.45, 2.75) is 63.3 Å². The molecule has 1 saturated carbocycles. The van der Waals surface area contributed by atoms with Crippen LogP contribution >= 0.6 is 0 Å². The second kappa shape index (κ2) is 8.85. The van der Waals surface area contributed by atoms with Gasteiger partial charge in [0, 0.05) is 19.0 Å². The van der Waals surface area contributed by atoms with Crippen LogP contribution in [0.2, 0.25) is 0 Å². The first kappa shape index (κ1) is 21.4. The Morgan fingerprint density at radius 3 is 2.34 bits per heavy atom. The molecule has 1 aromatic rings. The summed E-state index contributed by atoms with van der Waals surface area (Å²) in [6.45, 7) is 3.61. The molecule has 4 aliphatic rings. The lowest BCUT2D eigenvalue weighted by Crippen LogP contribution is -2.62. The van der Waals surface area contributed by atoms with E-state index in [1.165, 1.54) is 6.42 Å². The molecule has 1 N–H and O–H groups in total. The van der Waals surface area contributed by atoms with Crippen molar-refractivity contribution in [3.8, 4) is 0 Å². The second-order valence-corrected chi connectivity index (χ2v) is 9.88. The zero-order valence-corrected chi connectivity index (χ0v) is 18.9. The number of nitrogens with one attached hydrogen (secondary N) is 1. The molecule has 3 amide bonds. The highest BCUT2D eigenvalue weighted by Crippen LogP contribution is 2.45. The van der Waals surface area contributed by atoms with Crippen molar-refractivity contribution in [3.63, 3.8) is 0 Å². The zero-order valence-electron chi connectivity index (χ0n) is 18.9. The van der Waals surface area contributed by atoms with Gasteiger partial charge in [0.25, 0.3) is 5.91 Å². The molecule has 1 aromatic carbocycles. The lowest BCUT2D eigenvalue weighted by Gasteiger charge is -2.45. The summed E-state index contributed by atoms with van der Waals surface area (Å²) in [7, 11) is 0. The number of hydrogen-bond donors (Lipinski definition) is 1. The molecule has 3 fully saturated rings. The number of anilines is 2. The van der Waals surface area contributed by atoms with Crippen LogP contribution < -0.4 is 10.2 Å². The molecule has 3 aliphatic heterocycles. The lowest BCUT2D eigenvalue weighted by molar-refractivity contribution is -0.138. The summed E-state index contributed by atoms with van der Waals surface area (Å²) in [6.07, 6.45) is 8.43. The van der Waals surface area contributed by atoms with Crippen molar-refractivity contribution in [1.29, 1.82) is 0 Å². The third-order valence-corrected chi connectivity index (χ3v) is 7.89. The monoisotopic (exact) mass is 438 g/mol. The first-order valence-electron chi connectivity index (χ1n) is 12.3. The average molecular weight is 439 g/mol. The van der Waals surface area contributed by atoms with Gasteiger partial charge in [0.15, 0.2) is 0 Å². The van der Waals surface area contributed by atoms with Crippen LogP contribution in [-0.4, -0.2) is 65.8 Å². The third-order valence-electron chi connectivity index (χ3n) is 7.89. The summed E-state index contributed by atoms with van der Waals surface area (Å²) in [4.78, 5) is 45.6. The fourth-order valence-corrected chi connectivity index (χ4v) is 6.10. The number of carbonyl (C=O) groups is 3. The van der Waals surface area contributed by atoms with E-state index in [9.17, 15) is 14.4 Å². The SMILES string of the molecule is O=C(C1CCN(CC(=O)N2c3ccccc3NC(=O)C23CCCC3)CC1)N1CCCCC1. The predicted octanol–water partition coefficient (Wildman–Crippen LogP) is 3.01. The van der Waals surface area contributed by atoms with E-state index >= 15 is 0 Å². The Morgan fingerprint density at radius 2 is 1.62 bits per heavy atom. The Kier molecular flexibility index (Phi) is 5.93. The first-order valence-corrected chi connectivity index (χ1v) is 12.3. The van der Waals surface area contributed by atoms with Gasteiger partial charge < -0.3 is 10.2 Å². The minimum Gasteiger partial charge on any atom is -0.342 e. The normalized spacial score (nSPS) is 23.8. The maximum absolute atomic E-state index is 13.6. The van der Waals surface area contributed by atoms with E-state index in [-0.39, 0.29) is 17.7 Å². The van der Waals surface area contributed by atoms with E-state index < -0.39 is 5.54 Å². The van der Waals surface area contributed by atoms with Crippen molar-refractivity contribution in [1.82, 2.24) is 9.80 Å². The van der Waals surface area contributed by atoms with Crippen LogP contribution in [0.4, 0.5) is 11.4 Å². The predicted molar refractivity (Wildman–Crippen MR) is 123 cm³/mol. The summed E-state index contributed by atoms with van der Waals surface area (Å²) in [5.74, 6) is 0.340. The zero-order chi connectivity index (χ0) is 22.1. The average Bonchev–Trinajstić information content (AvgIpc) is 3.31. The van der Waals surface area contributed by atoms with Gasteiger partial charge in [-0.05, 0) is 70.2 Å². The summed E-state index contributed by atoms with van der Waals surface area (Å²) in [5, 5.41) is 3.04. The van der Waals surface area contributed by atoms with Crippen LogP contribution in [0.25, 0.3) is 0 Å². The molecule has 0 unspecified atom stereocenters. The molecule has 1 spiro atoms. The first-order chi connectivity index (χ1) is 15.6. The lowest BCUT2D eigenvalue weighted by atomic mass is 9.89. The number of benzene rings is 1. The maximum Gasteiger partial charge on any atom is 0.250 e. The Hall–Kier alpha value is -2.41. The number of carbonyl (C=O) groups excluding carboxylic acids is 3. The number of likely N-dealkylation sites (tertiary alicyclic amines) is 2. The summed E-state index contributed by atoms with van der Waals surface area (Å²) < 4.78 is 0. The van der Waals surface area contributed by atoms with E-state index in [0.717, 1.165) is 70.4 Å². The van der Waals surface area contributed by atoms with Gasteiger partial charge in [0.2, 0.25) is 11.8 Å². The number of hydrogen-bond acceptors (Lipinski definition) is 4. The standard InChI is InChI=1S/C25H34N4O3/c30-22(18-27-16-10-19(11-17-27)23(31)28-14-6-1-7-15-28)29-21-9-3-2-8-20(21)26-24(32)25(29)12-4-5-13-25/h2-3,8-9,19H,1,4-7,10-18H2,(H,26,32). The fraction of sp³-hybridized carbons (Fsp3) is 0.640. The minimum absolute atomic E-state index is 0.00462. The number of para-hydroxylation sites is 2. The van der Waals surface area contributed by atoms with Crippen LogP contribution in [0.1, 0.15) is 57.8 Å². The van der Waals surface area contributed by atoms with E-state index in [1.54, 1.807) is 4.90 Å². The fourth-order valence-electron chi connectivity index (χ4n) is 6.10. The number of rotatable bonds is 3. The quantitative estimate of drug-likeness (QED) is 0.787. The Labute approximate surface area is 190 Å². The minimum atomic E-state index is -0.756. The third kappa shape index (κ3) is 3.81. The molecule has 0 aromatic heterocycles. The molecule has 7 heteroatoms. The number of fused-ring (bicyclic) bond motifs is 1. The van der Waals surface area contributed by atoms with Crippen LogP contribution in [-0.2, 0) is 14.4 Å². The van der Waals surface area contributed by atoms with E-state index in [4.69, 9.17) is 0 Å². The Morgan fingerprint density at radius 1 is 0.938 bits per heavy atom. The molecule has 1 aliphatic carbocycles. The molecule has 0 atom stereocenters. The van der Waals surface area contributed by atoms with Crippen LogP contribution in [0, 0.1) is 5.92 Å². The number of piperidine rings is 2. The summed E-state index contributed by atoms with van der Waals surface area (Å²) in [6, 6.07) is 7.62. The molecule has 0 bridgehead atoms. The van der Waals surface area contributed by atoms with Crippen molar-refractivity contribution in [2.75, 3.05) is 42.9 Å². The van der Waals surface area contributed by atoms with Crippen LogP contribution in [0.3, 0.4) is 0 Å². The highest BCUT2D eigenvalue weighted by Gasteiger charge is 2.52. The Balaban J connectivity index is 1.26. The molecular formula is C25H34N4O3. The van der Waals surface area contributed by atoms with E-state index in [1.807, 2.05) is 29.2 Å². The molecule has 0 radical (unpaired) electrons. The van der Waals surface area contributed by atoms with Gasteiger partial charge in [-0.1, -0.05) is 25.0 Å². The highest BCUT2D eigenvalue weighted by atomic mass is 16.2. The molecule has 172 valence electrons. The highest BCUT2D eigenvalue weighted by molar-refractivity contribution is 6.15. The van der Waals surface area contributed by atoms with Crippen molar-refractivity contribution in [2.24, 2.45) is 5.92 Å². The molecule has 3 heterocycles. The van der Waals surface area contributed by atoms with Gasteiger partial charge in [-0.25, -0.2) is 0 Å². The molecule has 5 rings (SSSR count).